The van der Waals surface area contributed by atoms with Crippen LogP contribution in [0.1, 0.15) is 26.2 Å². The van der Waals surface area contributed by atoms with Crippen LogP contribution in [0.4, 0.5) is 0 Å². The maximum absolute atomic E-state index is 11.1. The third-order valence-electron chi connectivity index (χ3n) is 1.61. The van der Waals surface area contributed by atoms with Crippen LogP contribution in [0.15, 0.2) is 23.8 Å². The lowest BCUT2D eigenvalue weighted by Crippen LogP contribution is -1.98. The van der Waals surface area contributed by atoms with Gasteiger partial charge >= 0.3 is 0 Å². The van der Waals surface area contributed by atoms with Gasteiger partial charge in [-0.3, -0.25) is 4.79 Å². The standard InChI is InChI=1S/C9H12O/c1-2-5-9(10)8-6-3-4-7-8/h3-4,6H,2,5,7H2,1H3. The summed E-state index contributed by atoms with van der Waals surface area (Å²) in [6, 6.07) is 0. The summed E-state index contributed by atoms with van der Waals surface area (Å²) in [6.07, 6.45) is 8.38. The fourth-order valence-electron chi connectivity index (χ4n) is 1.04. The van der Waals surface area contributed by atoms with Gasteiger partial charge in [0.05, 0.1) is 0 Å². The molecule has 1 nitrogen and oxygen atoms in total. The monoisotopic (exact) mass is 136 g/mol. The van der Waals surface area contributed by atoms with Gasteiger partial charge in [-0.25, -0.2) is 0 Å². The number of rotatable bonds is 3. The quantitative estimate of drug-likeness (QED) is 0.581. The van der Waals surface area contributed by atoms with E-state index in [1.807, 2.05) is 25.2 Å². The summed E-state index contributed by atoms with van der Waals surface area (Å²) in [4.78, 5) is 11.1. The molecule has 0 heterocycles. The van der Waals surface area contributed by atoms with E-state index < -0.39 is 0 Å². The molecule has 0 aliphatic heterocycles. The van der Waals surface area contributed by atoms with Crippen LogP contribution in [0.5, 0.6) is 0 Å². The van der Waals surface area contributed by atoms with E-state index in [0.29, 0.717) is 12.2 Å². The number of hydrogen-bond acceptors (Lipinski definition) is 1. The molecule has 1 heteroatoms. The Morgan fingerprint density at radius 1 is 1.70 bits per heavy atom. The second kappa shape index (κ2) is 3.35. The first-order valence-corrected chi connectivity index (χ1v) is 3.73. The summed E-state index contributed by atoms with van der Waals surface area (Å²) in [5.41, 5.74) is 0.974. The molecule has 0 aromatic heterocycles. The molecule has 0 bridgehead atoms. The molecule has 0 atom stereocenters. The molecule has 0 saturated heterocycles. The van der Waals surface area contributed by atoms with Crippen LogP contribution in [-0.2, 0) is 4.79 Å². The molecule has 1 aliphatic rings. The zero-order chi connectivity index (χ0) is 7.40. The van der Waals surface area contributed by atoms with Gasteiger partial charge in [0, 0.05) is 6.42 Å². The van der Waals surface area contributed by atoms with Crippen LogP contribution < -0.4 is 0 Å². The third kappa shape index (κ3) is 1.56. The van der Waals surface area contributed by atoms with Crippen LogP contribution in [0.3, 0.4) is 0 Å². The van der Waals surface area contributed by atoms with Gasteiger partial charge in [0.2, 0.25) is 0 Å². The van der Waals surface area contributed by atoms with E-state index in [-0.39, 0.29) is 0 Å². The van der Waals surface area contributed by atoms with E-state index in [2.05, 4.69) is 0 Å². The van der Waals surface area contributed by atoms with Gasteiger partial charge in [0.25, 0.3) is 0 Å². The van der Waals surface area contributed by atoms with Crippen LogP contribution in [0, 0.1) is 0 Å². The molecule has 0 aromatic carbocycles. The van der Waals surface area contributed by atoms with Gasteiger partial charge < -0.3 is 0 Å². The average molecular weight is 136 g/mol. The number of allylic oxidation sites excluding steroid dienone is 4. The third-order valence-corrected chi connectivity index (χ3v) is 1.61. The Bertz CT molecular complexity index is 187. The highest BCUT2D eigenvalue weighted by Crippen LogP contribution is 2.13. The Balaban J connectivity index is 2.43. The highest BCUT2D eigenvalue weighted by molar-refractivity contribution is 5.96. The first-order chi connectivity index (χ1) is 4.84. The van der Waals surface area contributed by atoms with E-state index >= 15 is 0 Å². The molecule has 0 spiro atoms. The van der Waals surface area contributed by atoms with Gasteiger partial charge in [-0.05, 0) is 18.4 Å². The van der Waals surface area contributed by atoms with Crippen molar-refractivity contribution in [1.29, 1.82) is 0 Å². The second-order valence-corrected chi connectivity index (χ2v) is 2.50. The maximum Gasteiger partial charge on any atom is 0.159 e. The summed E-state index contributed by atoms with van der Waals surface area (Å²) in [7, 11) is 0. The largest absolute Gasteiger partial charge is 0.295 e. The molecule has 0 N–H and O–H groups in total. The molecule has 0 unspecified atom stereocenters. The molecule has 0 amide bonds. The minimum atomic E-state index is 0.313. The predicted octanol–water partition coefficient (Wildman–Crippen LogP) is 2.24. The minimum absolute atomic E-state index is 0.313. The molecule has 10 heavy (non-hydrogen) atoms. The fraction of sp³-hybridized carbons (Fsp3) is 0.444. The summed E-state index contributed by atoms with van der Waals surface area (Å²) in [6.45, 7) is 2.03. The summed E-state index contributed by atoms with van der Waals surface area (Å²) >= 11 is 0. The number of carbonyl (C=O) groups excluding carboxylic acids is 1. The van der Waals surface area contributed by atoms with Gasteiger partial charge in [-0.1, -0.05) is 25.2 Å². The van der Waals surface area contributed by atoms with E-state index in [9.17, 15) is 4.79 Å². The SMILES string of the molecule is CCCC(=O)C1=CC=CC1. The molecular weight excluding hydrogens is 124 g/mol. The molecule has 0 radical (unpaired) electrons. The Morgan fingerprint density at radius 3 is 3.00 bits per heavy atom. The van der Waals surface area contributed by atoms with E-state index in [1.165, 1.54) is 0 Å². The van der Waals surface area contributed by atoms with Crippen molar-refractivity contribution in [2.45, 2.75) is 26.2 Å². The van der Waals surface area contributed by atoms with Crippen molar-refractivity contribution in [1.82, 2.24) is 0 Å². The van der Waals surface area contributed by atoms with Crippen LogP contribution in [-0.4, -0.2) is 5.78 Å². The van der Waals surface area contributed by atoms with Crippen LogP contribution in [0.2, 0.25) is 0 Å². The number of Topliss-reactive ketones (excluding diaryl/α,β-unsaturated/α-hetero) is 1. The van der Waals surface area contributed by atoms with Crippen molar-refractivity contribution >= 4 is 5.78 Å². The summed E-state index contributed by atoms with van der Waals surface area (Å²) < 4.78 is 0. The van der Waals surface area contributed by atoms with E-state index in [1.54, 1.807) is 0 Å². The summed E-state index contributed by atoms with van der Waals surface area (Å²) in [5, 5.41) is 0. The zero-order valence-electron chi connectivity index (χ0n) is 6.26. The Labute approximate surface area is 61.4 Å². The van der Waals surface area contributed by atoms with Gasteiger partial charge in [0.15, 0.2) is 5.78 Å². The molecule has 54 valence electrons. The molecule has 0 fully saturated rings. The number of hydrogen-bond donors (Lipinski definition) is 0. The first-order valence-electron chi connectivity index (χ1n) is 3.73. The Hall–Kier alpha value is -0.850. The van der Waals surface area contributed by atoms with Crippen LogP contribution in [0.25, 0.3) is 0 Å². The molecular formula is C9H12O. The summed E-state index contributed by atoms with van der Waals surface area (Å²) in [5.74, 6) is 0.313. The van der Waals surface area contributed by atoms with Crippen molar-refractivity contribution in [3.63, 3.8) is 0 Å². The fourth-order valence-corrected chi connectivity index (χ4v) is 1.04. The second-order valence-electron chi connectivity index (χ2n) is 2.50. The maximum atomic E-state index is 11.1. The first kappa shape index (κ1) is 7.26. The molecule has 1 aliphatic carbocycles. The molecule has 0 saturated carbocycles. The lowest BCUT2D eigenvalue weighted by molar-refractivity contribution is -0.115. The topological polar surface area (TPSA) is 17.1 Å². The van der Waals surface area contributed by atoms with Crippen molar-refractivity contribution < 1.29 is 4.79 Å². The highest BCUT2D eigenvalue weighted by Gasteiger charge is 2.07. The average Bonchev–Trinajstić information content (AvgIpc) is 2.38. The smallest absolute Gasteiger partial charge is 0.159 e. The predicted molar refractivity (Wildman–Crippen MR) is 41.8 cm³/mol. The Morgan fingerprint density at radius 2 is 2.50 bits per heavy atom. The van der Waals surface area contributed by atoms with Gasteiger partial charge in [0.1, 0.15) is 0 Å². The lowest BCUT2D eigenvalue weighted by Gasteiger charge is -1.96. The normalized spacial score (nSPS) is 15.5. The highest BCUT2D eigenvalue weighted by atomic mass is 16.1. The van der Waals surface area contributed by atoms with Crippen molar-refractivity contribution in [2.24, 2.45) is 0 Å². The number of carbonyl (C=O) groups is 1. The van der Waals surface area contributed by atoms with Crippen molar-refractivity contribution in [2.75, 3.05) is 0 Å². The van der Waals surface area contributed by atoms with E-state index in [0.717, 1.165) is 18.4 Å². The molecule has 1 rings (SSSR count). The molecule has 0 aromatic rings. The van der Waals surface area contributed by atoms with Crippen LogP contribution >= 0.6 is 0 Å². The lowest BCUT2D eigenvalue weighted by atomic mass is 10.1. The minimum Gasteiger partial charge on any atom is -0.295 e. The van der Waals surface area contributed by atoms with Gasteiger partial charge in [-0.15, -0.1) is 0 Å². The Kier molecular flexibility index (Phi) is 2.43. The van der Waals surface area contributed by atoms with Crippen molar-refractivity contribution in [3.8, 4) is 0 Å². The zero-order valence-corrected chi connectivity index (χ0v) is 6.26. The number of ketones is 1. The van der Waals surface area contributed by atoms with E-state index in [4.69, 9.17) is 0 Å². The van der Waals surface area contributed by atoms with Gasteiger partial charge in [-0.2, -0.15) is 0 Å². The van der Waals surface area contributed by atoms with Crippen molar-refractivity contribution in [3.05, 3.63) is 23.8 Å².